The Morgan fingerprint density at radius 2 is 2.30 bits per heavy atom. The van der Waals surface area contributed by atoms with Crippen LogP contribution in [0.2, 0.25) is 0 Å². The summed E-state index contributed by atoms with van der Waals surface area (Å²) in [6.45, 7) is 4.02. The highest BCUT2D eigenvalue weighted by Gasteiger charge is 2.49. The molecule has 1 aromatic rings. The second kappa shape index (κ2) is 5.20. The molecule has 0 radical (unpaired) electrons. The van der Waals surface area contributed by atoms with Crippen molar-refractivity contribution in [3.05, 3.63) is 11.9 Å². The van der Waals surface area contributed by atoms with Crippen LogP contribution in [-0.4, -0.2) is 51.2 Å². The Bertz CT molecular complexity index is 525. The van der Waals surface area contributed by atoms with Gasteiger partial charge < -0.3 is 15.2 Å². The maximum Gasteiger partial charge on any atom is 0.358 e. The van der Waals surface area contributed by atoms with Crippen molar-refractivity contribution in [1.82, 2.24) is 20.3 Å². The zero-order chi connectivity index (χ0) is 14.9. The molecule has 2 atom stereocenters. The second-order valence-corrected chi connectivity index (χ2v) is 5.51. The summed E-state index contributed by atoms with van der Waals surface area (Å²) < 4.78 is 6.52. The number of hydrogen-bond donors (Lipinski definition) is 2. The first-order chi connectivity index (χ1) is 9.34. The van der Waals surface area contributed by atoms with Gasteiger partial charge in [-0.3, -0.25) is 4.79 Å². The van der Waals surface area contributed by atoms with E-state index in [1.54, 1.807) is 7.11 Å². The Labute approximate surface area is 116 Å². The minimum Gasteiger partial charge on any atom is -0.476 e. The van der Waals surface area contributed by atoms with E-state index in [0.29, 0.717) is 0 Å². The predicted molar refractivity (Wildman–Crippen MR) is 68.1 cm³/mol. The van der Waals surface area contributed by atoms with Crippen molar-refractivity contribution in [3.63, 3.8) is 0 Å². The topological polar surface area (TPSA) is 106 Å². The zero-order valence-electron chi connectivity index (χ0n) is 11.7. The molecule has 1 fully saturated rings. The molecular weight excluding hydrogens is 264 g/mol. The SMILES string of the molecule is COC1CC(NC(=O)Cn2cc(C(=O)O)nn2)C1(C)C. The van der Waals surface area contributed by atoms with E-state index in [1.807, 2.05) is 13.8 Å². The van der Waals surface area contributed by atoms with Crippen LogP contribution >= 0.6 is 0 Å². The molecule has 1 amide bonds. The molecule has 1 heterocycles. The molecule has 2 unspecified atom stereocenters. The Morgan fingerprint density at radius 1 is 1.60 bits per heavy atom. The van der Waals surface area contributed by atoms with Gasteiger partial charge in [-0.05, 0) is 6.42 Å². The molecule has 0 saturated heterocycles. The molecule has 2 N–H and O–H groups in total. The van der Waals surface area contributed by atoms with Crippen molar-refractivity contribution >= 4 is 11.9 Å². The molecular formula is C12H18N4O4. The number of rotatable bonds is 5. The second-order valence-electron chi connectivity index (χ2n) is 5.51. The highest BCUT2D eigenvalue weighted by molar-refractivity contribution is 5.84. The average molecular weight is 282 g/mol. The summed E-state index contributed by atoms with van der Waals surface area (Å²) in [6.07, 6.45) is 2.14. The number of ether oxygens (including phenoxy) is 1. The van der Waals surface area contributed by atoms with Gasteiger partial charge in [-0.2, -0.15) is 0 Å². The molecule has 0 aromatic carbocycles. The minimum atomic E-state index is -1.17. The third kappa shape index (κ3) is 2.64. The smallest absolute Gasteiger partial charge is 0.358 e. The van der Waals surface area contributed by atoms with Crippen LogP contribution in [0.1, 0.15) is 30.8 Å². The van der Waals surface area contributed by atoms with E-state index in [-0.39, 0.29) is 35.7 Å². The first-order valence-electron chi connectivity index (χ1n) is 6.30. The van der Waals surface area contributed by atoms with E-state index in [1.165, 1.54) is 10.9 Å². The molecule has 0 bridgehead atoms. The fraction of sp³-hybridized carbons (Fsp3) is 0.667. The van der Waals surface area contributed by atoms with Crippen molar-refractivity contribution in [1.29, 1.82) is 0 Å². The van der Waals surface area contributed by atoms with Crippen LogP contribution in [0, 0.1) is 5.41 Å². The van der Waals surface area contributed by atoms with E-state index in [0.717, 1.165) is 6.42 Å². The normalized spacial score (nSPS) is 23.9. The van der Waals surface area contributed by atoms with E-state index < -0.39 is 5.97 Å². The van der Waals surface area contributed by atoms with Gasteiger partial charge in [-0.15, -0.1) is 5.10 Å². The first-order valence-corrected chi connectivity index (χ1v) is 6.30. The van der Waals surface area contributed by atoms with E-state index in [9.17, 15) is 9.59 Å². The van der Waals surface area contributed by atoms with Gasteiger partial charge in [0.2, 0.25) is 5.91 Å². The van der Waals surface area contributed by atoms with Crippen molar-refractivity contribution in [3.8, 4) is 0 Å². The van der Waals surface area contributed by atoms with E-state index in [2.05, 4.69) is 15.6 Å². The molecule has 1 aliphatic carbocycles. The van der Waals surface area contributed by atoms with Crippen molar-refractivity contribution in [2.75, 3.05) is 7.11 Å². The number of carbonyl (C=O) groups excluding carboxylic acids is 1. The summed E-state index contributed by atoms with van der Waals surface area (Å²) in [7, 11) is 1.66. The minimum absolute atomic E-state index is 0.0439. The van der Waals surface area contributed by atoms with Crippen LogP contribution in [0.4, 0.5) is 0 Å². The third-order valence-electron chi connectivity index (χ3n) is 3.86. The van der Waals surface area contributed by atoms with Gasteiger partial charge in [0, 0.05) is 18.6 Å². The van der Waals surface area contributed by atoms with Crippen LogP contribution in [0.3, 0.4) is 0 Å². The first kappa shape index (κ1) is 14.4. The monoisotopic (exact) mass is 282 g/mol. The molecule has 2 rings (SSSR count). The number of aromatic carboxylic acids is 1. The van der Waals surface area contributed by atoms with E-state index >= 15 is 0 Å². The summed E-state index contributed by atoms with van der Waals surface area (Å²) in [6, 6.07) is 0.0439. The molecule has 20 heavy (non-hydrogen) atoms. The number of carbonyl (C=O) groups is 2. The van der Waals surface area contributed by atoms with Crippen LogP contribution < -0.4 is 5.32 Å². The van der Waals surface area contributed by atoms with Crippen LogP contribution in [0.15, 0.2) is 6.20 Å². The number of nitrogens with zero attached hydrogens (tertiary/aromatic N) is 3. The number of amides is 1. The number of carboxylic acid groups (broad SMARTS) is 1. The molecule has 8 nitrogen and oxygen atoms in total. The standard InChI is InChI=1S/C12H18N4O4/c1-12(2)8(4-9(12)20-3)13-10(17)6-16-5-7(11(18)19)14-15-16/h5,8-9H,4,6H2,1-3H3,(H,13,17)(H,18,19). The maximum atomic E-state index is 11.9. The summed E-state index contributed by atoms with van der Waals surface area (Å²) >= 11 is 0. The van der Waals surface area contributed by atoms with Crippen molar-refractivity contribution in [2.24, 2.45) is 5.41 Å². The molecule has 1 saturated carbocycles. The highest BCUT2D eigenvalue weighted by atomic mass is 16.5. The fourth-order valence-electron chi connectivity index (χ4n) is 2.39. The number of aromatic nitrogens is 3. The van der Waals surface area contributed by atoms with E-state index in [4.69, 9.17) is 9.84 Å². The molecule has 0 aliphatic heterocycles. The summed E-state index contributed by atoms with van der Waals surface area (Å²) in [5.74, 6) is -1.39. The molecule has 110 valence electrons. The molecule has 8 heteroatoms. The molecule has 1 aromatic heterocycles. The van der Waals surface area contributed by atoms with Gasteiger partial charge in [-0.25, -0.2) is 9.48 Å². The highest BCUT2D eigenvalue weighted by Crippen LogP contribution is 2.42. The number of carboxylic acids is 1. The summed E-state index contributed by atoms with van der Waals surface area (Å²) in [5.41, 5.74) is -0.292. The lowest BCUT2D eigenvalue weighted by atomic mass is 9.64. The lowest BCUT2D eigenvalue weighted by Crippen LogP contribution is -2.62. The third-order valence-corrected chi connectivity index (χ3v) is 3.86. The lowest BCUT2D eigenvalue weighted by Gasteiger charge is -2.51. The van der Waals surface area contributed by atoms with Crippen LogP contribution in [0.25, 0.3) is 0 Å². The van der Waals surface area contributed by atoms with Gasteiger partial charge in [0.25, 0.3) is 0 Å². The van der Waals surface area contributed by atoms with Crippen molar-refractivity contribution in [2.45, 2.75) is 39.0 Å². The maximum absolute atomic E-state index is 11.9. The van der Waals surface area contributed by atoms with Gasteiger partial charge >= 0.3 is 5.97 Å². The Morgan fingerprint density at radius 3 is 2.80 bits per heavy atom. The van der Waals surface area contributed by atoms with Gasteiger partial charge in [-0.1, -0.05) is 19.1 Å². The number of nitrogens with one attached hydrogen (secondary N) is 1. The van der Waals surface area contributed by atoms with Crippen LogP contribution in [0.5, 0.6) is 0 Å². The zero-order valence-corrected chi connectivity index (χ0v) is 11.7. The lowest BCUT2D eigenvalue weighted by molar-refractivity contribution is -0.133. The van der Waals surface area contributed by atoms with Gasteiger partial charge in [0.1, 0.15) is 6.54 Å². The van der Waals surface area contributed by atoms with Crippen molar-refractivity contribution < 1.29 is 19.4 Å². The fourth-order valence-corrected chi connectivity index (χ4v) is 2.39. The average Bonchev–Trinajstić information content (AvgIpc) is 2.82. The Kier molecular flexibility index (Phi) is 3.76. The number of hydrogen-bond acceptors (Lipinski definition) is 5. The Hall–Kier alpha value is -1.96. The quantitative estimate of drug-likeness (QED) is 0.781. The predicted octanol–water partition coefficient (Wildman–Crippen LogP) is -0.0940. The van der Waals surface area contributed by atoms with Gasteiger partial charge in [0.15, 0.2) is 5.69 Å². The summed E-state index contributed by atoms with van der Waals surface area (Å²) in [5, 5.41) is 18.7. The van der Waals surface area contributed by atoms with Crippen LogP contribution in [-0.2, 0) is 16.1 Å². The Balaban J connectivity index is 1.88. The number of methoxy groups -OCH3 is 1. The van der Waals surface area contributed by atoms with Gasteiger partial charge in [0.05, 0.1) is 12.3 Å². The largest absolute Gasteiger partial charge is 0.476 e. The molecule has 1 aliphatic rings. The molecule has 0 spiro atoms. The summed E-state index contributed by atoms with van der Waals surface area (Å²) in [4.78, 5) is 22.5.